The number of rotatable bonds is 4. The number of nitrogens with zero attached hydrogens (tertiary/aromatic N) is 1. The number of aryl methyl sites for hydroxylation is 1. The van der Waals surface area contributed by atoms with Gasteiger partial charge in [0, 0.05) is 19.4 Å². The molecule has 7 heteroatoms. The molecule has 1 heterocycles. The first-order valence-electron chi connectivity index (χ1n) is 5.85. The zero-order valence-corrected chi connectivity index (χ0v) is 12.6. The molecule has 0 aliphatic carbocycles. The van der Waals surface area contributed by atoms with E-state index in [-0.39, 0.29) is 4.90 Å². The first-order chi connectivity index (χ1) is 9.44. The summed E-state index contributed by atoms with van der Waals surface area (Å²) in [4.78, 5) is 3.92. The molecule has 2 aromatic rings. The number of pyridine rings is 1. The van der Waals surface area contributed by atoms with Gasteiger partial charge in [-0.15, -0.1) is 0 Å². The van der Waals surface area contributed by atoms with Crippen molar-refractivity contribution in [2.45, 2.75) is 11.8 Å². The largest absolute Gasteiger partial charge is 0.387 e. The predicted molar refractivity (Wildman–Crippen MR) is 80.8 cm³/mol. The summed E-state index contributed by atoms with van der Waals surface area (Å²) in [6, 6.07) is 6.72. The highest BCUT2D eigenvalue weighted by Crippen LogP contribution is 2.27. The maximum absolute atomic E-state index is 12.4. The topological polar surface area (TPSA) is 71.1 Å². The minimum Gasteiger partial charge on any atom is -0.387 e. The van der Waals surface area contributed by atoms with Gasteiger partial charge in [-0.3, -0.25) is 9.71 Å². The van der Waals surface area contributed by atoms with Gasteiger partial charge in [0.25, 0.3) is 10.0 Å². The van der Waals surface area contributed by atoms with E-state index in [9.17, 15) is 8.42 Å². The number of hydrogen-bond donors (Lipinski definition) is 2. The Balaban J connectivity index is 2.43. The molecule has 2 N–H and O–H groups in total. The molecule has 0 aliphatic heterocycles. The molecule has 1 aromatic carbocycles. The van der Waals surface area contributed by atoms with E-state index in [0.717, 1.165) is 5.56 Å². The molecule has 0 saturated heterocycles. The van der Waals surface area contributed by atoms with Crippen molar-refractivity contribution in [2.75, 3.05) is 17.1 Å². The quantitative estimate of drug-likeness (QED) is 0.911. The lowest BCUT2D eigenvalue weighted by Crippen LogP contribution is -2.15. The maximum atomic E-state index is 12.4. The molecule has 1 aromatic heterocycles. The molecule has 2 rings (SSSR count). The van der Waals surface area contributed by atoms with Crippen molar-refractivity contribution >= 4 is 33.0 Å². The standard InChI is InChI=1S/C13H14ClN3O2S/c1-9-3-4-10(14)12(7-9)17-20(18,19)13-8-16-6-5-11(13)15-2/h3-8,17H,1-2H3,(H,15,16). The maximum Gasteiger partial charge on any atom is 0.265 e. The van der Waals surface area contributed by atoms with Crippen LogP contribution in [-0.2, 0) is 10.0 Å². The number of benzene rings is 1. The van der Waals surface area contributed by atoms with Crippen molar-refractivity contribution in [3.8, 4) is 0 Å². The summed E-state index contributed by atoms with van der Waals surface area (Å²) in [6.07, 6.45) is 2.81. The fraction of sp³-hybridized carbons (Fsp3) is 0.154. The average molecular weight is 312 g/mol. The minimum atomic E-state index is -3.75. The molecule has 0 spiro atoms. The highest BCUT2D eigenvalue weighted by Gasteiger charge is 2.19. The summed E-state index contributed by atoms with van der Waals surface area (Å²) in [5.41, 5.74) is 1.72. The molecule has 5 nitrogen and oxygen atoms in total. The average Bonchev–Trinajstić information content (AvgIpc) is 2.42. The SMILES string of the molecule is CNc1ccncc1S(=O)(=O)Nc1cc(C)ccc1Cl. The van der Waals surface area contributed by atoms with E-state index < -0.39 is 10.0 Å². The van der Waals surface area contributed by atoms with Crippen LogP contribution in [0.15, 0.2) is 41.6 Å². The summed E-state index contributed by atoms with van der Waals surface area (Å²) in [5, 5.41) is 3.16. The molecular weight excluding hydrogens is 298 g/mol. The molecule has 0 saturated carbocycles. The Morgan fingerprint density at radius 2 is 1.95 bits per heavy atom. The minimum absolute atomic E-state index is 0.0695. The van der Waals surface area contributed by atoms with E-state index in [2.05, 4.69) is 15.0 Å². The molecule has 106 valence electrons. The number of hydrogen-bond acceptors (Lipinski definition) is 4. The number of nitrogens with one attached hydrogen (secondary N) is 2. The van der Waals surface area contributed by atoms with Crippen LogP contribution in [0.2, 0.25) is 5.02 Å². The third-order valence-electron chi connectivity index (χ3n) is 2.71. The van der Waals surface area contributed by atoms with Crippen LogP contribution >= 0.6 is 11.6 Å². The summed E-state index contributed by atoms with van der Waals surface area (Å²) in [6.45, 7) is 1.86. The Morgan fingerprint density at radius 1 is 1.20 bits per heavy atom. The van der Waals surface area contributed by atoms with Gasteiger partial charge in [0.15, 0.2) is 0 Å². The monoisotopic (exact) mass is 311 g/mol. The van der Waals surface area contributed by atoms with Gasteiger partial charge in [-0.05, 0) is 30.7 Å². The Hall–Kier alpha value is -1.79. The Labute approximate surface area is 123 Å². The van der Waals surface area contributed by atoms with Crippen LogP contribution in [0.3, 0.4) is 0 Å². The first kappa shape index (κ1) is 14.6. The molecule has 20 heavy (non-hydrogen) atoms. The molecule has 0 radical (unpaired) electrons. The van der Waals surface area contributed by atoms with Gasteiger partial charge < -0.3 is 5.32 Å². The molecule has 0 fully saturated rings. The number of sulfonamides is 1. The molecule has 0 unspecified atom stereocenters. The van der Waals surface area contributed by atoms with Gasteiger partial charge >= 0.3 is 0 Å². The lowest BCUT2D eigenvalue weighted by Gasteiger charge is -2.12. The lowest BCUT2D eigenvalue weighted by atomic mass is 10.2. The zero-order valence-electron chi connectivity index (χ0n) is 11.0. The van der Waals surface area contributed by atoms with Crippen molar-refractivity contribution in [3.05, 3.63) is 47.2 Å². The first-order valence-corrected chi connectivity index (χ1v) is 7.71. The van der Waals surface area contributed by atoms with Crippen LogP contribution in [0, 0.1) is 6.92 Å². The van der Waals surface area contributed by atoms with Gasteiger partial charge in [-0.25, -0.2) is 8.42 Å². The van der Waals surface area contributed by atoms with E-state index in [1.165, 1.54) is 12.4 Å². The van der Waals surface area contributed by atoms with Crippen molar-refractivity contribution in [1.29, 1.82) is 0 Å². The van der Waals surface area contributed by atoms with Gasteiger partial charge in [0.1, 0.15) is 4.90 Å². The third kappa shape index (κ3) is 3.02. The molecular formula is C13H14ClN3O2S. The smallest absolute Gasteiger partial charge is 0.265 e. The number of aromatic nitrogens is 1. The van der Waals surface area contributed by atoms with Crippen LogP contribution < -0.4 is 10.0 Å². The Morgan fingerprint density at radius 3 is 2.65 bits per heavy atom. The van der Waals surface area contributed by atoms with Gasteiger partial charge in [-0.1, -0.05) is 17.7 Å². The van der Waals surface area contributed by atoms with Crippen molar-refractivity contribution < 1.29 is 8.42 Å². The van der Waals surface area contributed by atoms with Crippen LogP contribution in [0.25, 0.3) is 0 Å². The highest BCUT2D eigenvalue weighted by atomic mass is 35.5. The van der Waals surface area contributed by atoms with E-state index in [0.29, 0.717) is 16.4 Å². The number of halogens is 1. The predicted octanol–water partition coefficient (Wildman–Crippen LogP) is 2.89. The van der Waals surface area contributed by atoms with E-state index in [4.69, 9.17) is 11.6 Å². The van der Waals surface area contributed by atoms with Crippen molar-refractivity contribution in [1.82, 2.24) is 4.98 Å². The van der Waals surface area contributed by atoms with Gasteiger partial charge in [0.2, 0.25) is 0 Å². The Bertz CT molecular complexity index is 732. The molecule has 0 atom stereocenters. The molecule has 0 aliphatic rings. The second-order valence-electron chi connectivity index (χ2n) is 4.21. The fourth-order valence-electron chi connectivity index (χ4n) is 1.72. The van der Waals surface area contributed by atoms with Crippen LogP contribution in [-0.4, -0.2) is 20.4 Å². The van der Waals surface area contributed by atoms with Crippen molar-refractivity contribution in [3.63, 3.8) is 0 Å². The van der Waals surface area contributed by atoms with E-state index >= 15 is 0 Å². The van der Waals surface area contributed by atoms with Crippen LogP contribution in [0.1, 0.15) is 5.56 Å². The molecule has 0 amide bonds. The second-order valence-corrected chi connectivity index (χ2v) is 6.27. The van der Waals surface area contributed by atoms with Crippen LogP contribution in [0.4, 0.5) is 11.4 Å². The summed E-state index contributed by atoms with van der Waals surface area (Å²) < 4.78 is 27.3. The number of anilines is 2. The third-order valence-corrected chi connectivity index (χ3v) is 4.43. The zero-order chi connectivity index (χ0) is 14.8. The van der Waals surface area contributed by atoms with Gasteiger partial charge in [-0.2, -0.15) is 0 Å². The van der Waals surface area contributed by atoms with E-state index in [1.807, 2.05) is 13.0 Å². The van der Waals surface area contributed by atoms with Gasteiger partial charge in [0.05, 0.1) is 16.4 Å². The van der Waals surface area contributed by atoms with E-state index in [1.54, 1.807) is 25.2 Å². The summed E-state index contributed by atoms with van der Waals surface area (Å²) in [7, 11) is -2.11. The fourth-order valence-corrected chi connectivity index (χ4v) is 3.17. The van der Waals surface area contributed by atoms with Crippen LogP contribution in [0.5, 0.6) is 0 Å². The second kappa shape index (κ2) is 5.68. The lowest BCUT2D eigenvalue weighted by molar-refractivity contribution is 0.601. The Kier molecular flexibility index (Phi) is 4.15. The summed E-state index contributed by atoms with van der Waals surface area (Å²) >= 11 is 6.01. The normalized spacial score (nSPS) is 11.2. The van der Waals surface area contributed by atoms with Crippen molar-refractivity contribution in [2.24, 2.45) is 0 Å². The highest BCUT2D eigenvalue weighted by molar-refractivity contribution is 7.92. The summed E-state index contributed by atoms with van der Waals surface area (Å²) in [5.74, 6) is 0. The molecule has 0 bridgehead atoms.